The van der Waals surface area contributed by atoms with E-state index in [4.69, 9.17) is 4.98 Å². The van der Waals surface area contributed by atoms with Gasteiger partial charge >= 0.3 is 0 Å². The third-order valence-electron chi connectivity index (χ3n) is 5.41. The number of carbonyl (C=O) groups is 1. The second-order valence-corrected chi connectivity index (χ2v) is 8.55. The summed E-state index contributed by atoms with van der Waals surface area (Å²) in [5, 5.41) is 0. The average molecular weight is 406 g/mol. The first kappa shape index (κ1) is 22.1. The highest BCUT2D eigenvalue weighted by Gasteiger charge is 2.21. The molecule has 1 amide bonds. The van der Waals surface area contributed by atoms with Gasteiger partial charge in [-0.1, -0.05) is 58.4 Å². The van der Waals surface area contributed by atoms with E-state index in [0.29, 0.717) is 19.0 Å². The summed E-state index contributed by atoms with van der Waals surface area (Å²) in [5.74, 6) is 1.44. The number of unbranched alkanes of at least 4 members (excludes halogenated alkanes) is 1. The van der Waals surface area contributed by atoms with Crippen molar-refractivity contribution in [3.8, 4) is 0 Å². The average Bonchev–Trinajstić information content (AvgIpc) is 3.09. The Morgan fingerprint density at radius 2 is 1.77 bits per heavy atom. The fourth-order valence-corrected chi connectivity index (χ4v) is 3.93. The number of imidazole rings is 1. The van der Waals surface area contributed by atoms with Crippen LogP contribution in [0.2, 0.25) is 0 Å². The lowest BCUT2D eigenvalue weighted by Gasteiger charge is -2.25. The maximum absolute atomic E-state index is 13.4. The van der Waals surface area contributed by atoms with Crippen molar-refractivity contribution in [3.63, 3.8) is 0 Å². The van der Waals surface area contributed by atoms with Crippen LogP contribution in [-0.2, 0) is 19.5 Å². The SMILES string of the molecule is CCCCc1ccc(C(=O)N(Cc2nc3ccccc3n2CCC)CC(C)C)cc1. The van der Waals surface area contributed by atoms with E-state index in [1.54, 1.807) is 0 Å². The van der Waals surface area contributed by atoms with Crippen molar-refractivity contribution < 1.29 is 4.79 Å². The quantitative estimate of drug-likeness (QED) is 0.409. The molecule has 4 nitrogen and oxygen atoms in total. The van der Waals surface area contributed by atoms with Crippen LogP contribution in [0.3, 0.4) is 0 Å². The van der Waals surface area contributed by atoms with Gasteiger partial charge in [-0.15, -0.1) is 0 Å². The number of benzene rings is 2. The number of hydrogen-bond donors (Lipinski definition) is 0. The predicted octanol–water partition coefficient (Wildman–Crippen LogP) is 6.09. The van der Waals surface area contributed by atoms with Crippen molar-refractivity contribution >= 4 is 16.9 Å². The summed E-state index contributed by atoms with van der Waals surface area (Å²) in [4.78, 5) is 20.2. The highest BCUT2D eigenvalue weighted by Crippen LogP contribution is 2.20. The van der Waals surface area contributed by atoms with Crippen molar-refractivity contribution in [3.05, 3.63) is 65.5 Å². The zero-order valence-corrected chi connectivity index (χ0v) is 18.9. The van der Waals surface area contributed by atoms with Gasteiger partial charge in [0.2, 0.25) is 0 Å². The Morgan fingerprint density at radius 3 is 2.43 bits per heavy atom. The minimum absolute atomic E-state index is 0.0841. The Bertz CT molecular complexity index is 956. The number of aryl methyl sites for hydroxylation is 2. The highest BCUT2D eigenvalue weighted by atomic mass is 16.2. The van der Waals surface area contributed by atoms with Gasteiger partial charge in [0.15, 0.2) is 0 Å². The summed E-state index contributed by atoms with van der Waals surface area (Å²) in [6, 6.07) is 16.4. The third-order valence-corrected chi connectivity index (χ3v) is 5.41. The summed E-state index contributed by atoms with van der Waals surface area (Å²) >= 11 is 0. The van der Waals surface area contributed by atoms with E-state index in [-0.39, 0.29) is 5.91 Å². The van der Waals surface area contributed by atoms with Crippen LogP contribution in [-0.4, -0.2) is 26.9 Å². The first-order valence-electron chi connectivity index (χ1n) is 11.4. The lowest BCUT2D eigenvalue weighted by atomic mass is 10.1. The summed E-state index contributed by atoms with van der Waals surface area (Å²) in [6.45, 7) is 10.8. The molecule has 1 heterocycles. The van der Waals surface area contributed by atoms with Crippen molar-refractivity contribution in [1.82, 2.24) is 14.5 Å². The van der Waals surface area contributed by atoms with E-state index in [0.717, 1.165) is 41.8 Å². The lowest BCUT2D eigenvalue weighted by Crippen LogP contribution is -2.34. The second-order valence-electron chi connectivity index (χ2n) is 8.55. The van der Waals surface area contributed by atoms with Gasteiger partial charge in [-0.2, -0.15) is 0 Å². The Morgan fingerprint density at radius 1 is 1.03 bits per heavy atom. The number of carbonyl (C=O) groups excluding carboxylic acids is 1. The smallest absolute Gasteiger partial charge is 0.254 e. The molecule has 0 N–H and O–H groups in total. The normalized spacial score (nSPS) is 11.4. The number of hydrogen-bond acceptors (Lipinski definition) is 2. The van der Waals surface area contributed by atoms with Crippen molar-refractivity contribution in [2.24, 2.45) is 5.92 Å². The number of nitrogens with zero attached hydrogens (tertiary/aromatic N) is 3. The summed E-state index contributed by atoms with van der Waals surface area (Å²) in [7, 11) is 0. The van der Waals surface area contributed by atoms with Gasteiger partial charge in [0, 0.05) is 18.7 Å². The lowest BCUT2D eigenvalue weighted by molar-refractivity contribution is 0.0716. The first-order valence-corrected chi connectivity index (χ1v) is 11.4. The fourth-order valence-electron chi connectivity index (χ4n) is 3.93. The molecular weight excluding hydrogens is 370 g/mol. The van der Waals surface area contributed by atoms with Crippen molar-refractivity contribution in [2.75, 3.05) is 6.54 Å². The second kappa shape index (κ2) is 10.4. The maximum Gasteiger partial charge on any atom is 0.254 e. The zero-order valence-electron chi connectivity index (χ0n) is 18.9. The van der Waals surface area contributed by atoms with E-state index < -0.39 is 0 Å². The van der Waals surface area contributed by atoms with Gasteiger partial charge in [-0.05, 0) is 55.0 Å². The van der Waals surface area contributed by atoms with Crippen molar-refractivity contribution in [2.45, 2.75) is 66.5 Å². The Hall–Kier alpha value is -2.62. The molecule has 0 fully saturated rings. The molecule has 4 heteroatoms. The van der Waals surface area contributed by atoms with Crippen LogP contribution in [0.15, 0.2) is 48.5 Å². The topological polar surface area (TPSA) is 38.1 Å². The zero-order chi connectivity index (χ0) is 21.5. The maximum atomic E-state index is 13.4. The van der Waals surface area contributed by atoms with Crippen LogP contribution >= 0.6 is 0 Å². The summed E-state index contributed by atoms with van der Waals surface area (Å²) in [5.41, 5.74) is 4.20. The molecule has 0 aliphatic heterocycles. The monoisotopic (exact) mass is 405 g/mol. The Balaban J connectivity index is 1.87. The molecule has 3 aromatic rings. The summed E-state index contributed by atoms with van der Waals surface area (Å²) < 4.78 is 2.27. The molecule has 160 valence electrons. The van der Waals surface area contributed by atoms with Crippen molar-refractivity contribution in [1.29, 1.82) is 0 Å². The number of rotatable bonds is 10. The van der Waals surface area contributed by atoms with Crippen LogP contribution in [0.1, 0.15) is 68.7 Å². The largest absolute Gasteiger partial charge is 0.331 e. The number of para-hydroxylation sites is 2. The van der Waals surface area contributed by atoms with E-state index in [9.17, 15) is 4.79 Å². The van der Waals surface area contributed by atoms with E-state index >= 15 is 0 Å². The molecule has 30 heavy (non-hydrogen) atoms. The molecule has 3 rings (SSSR count). The van der Waals surface area contributed by atoms with Gasteiger partial charge in [0.1, 0.15) is 5.82 Å². The standard InChI is InChI=1S/C26H35N3O/c1-5-7-10-21-13-15-22(16-14-21)26(30)28(18-20(3)4)19-25-27-23-11-8-9-12-24(23)29(25)17-6-2/h8-9,11-16,20H,5-7,10,17-19H2,1-4H3. The molecule has 2 aromatic carbocycles. The first-order chi connectivity index (χ1) is 14.5. The van der Waals surface area contributed by atoms with E-state index in [2.05, 4.69) is 62.6 Å². The van der Waals surface area contributed by atoms with Crippen LogP contribution in [0.25, 0.3) is 11.0 Å². The molecular formula is C26H35N3O. The van der Waals surface area contributed by atoms with Crippen LogP contribution < -0.4 is 0 Å². The molecule has 0 bridgehead atoms. The molecule has 0 saturated heterocycles. The number of aromatic nitrogens is 2. The van der Waals surface area contributed by atoms with Gasteiger partial charge in [-0.25, -0.2) is 4.98 Å². The van der Waals surface area contributed by atoms with Crippen LogP contribution in [0.5, 0.6) is 0 Å². The number of amides is 1. The van der Waals surface area contributed by atoms with Crippen LogP contribution in [0.4, 0.5) is 0 Å². The van der Waals surface area contributed by atoms with Gasteiger partial charge in [0.25, 0.3) is 5.91 Å². The Labute approximate surface area is 180 Å². The molecule has 0 spiro atoms. The molecule has 0 atom stereocenters. The fraction of sp³-hybridized carbons (Fsp3) is 0.462. The minimum Gasteiger partial charge on any atom is -0.331 e. The van der Waals surface area contributed by atoms with E-state index in [1.807, 2.05) is 23.1 Å². The van der Waals surface area contributed by atoms with Gasteiger partial charge < -0.3 is 9.47 Å². The highest BCUT2D eigenvalue weighted by molar-refractivity contribution is 5.94. The minimum atomic E-state index is 0.0841. The third kappa shape index (κ3) is 5.29. The Kier molecular flexibility index (Phi) is 7.67. The molecule has 0 unspecified atom stereocenters. The molecule has 0 saturated carbocycles. The molecule has 0 aliphatic rings. The number of fused-ring (bicyclic) bond motifs is 1. The predicted molar refractivity (Wildman–Crippen MR) is 125 cm³/mol. The van der Waals surface area contributed by atoms with E-state index in [1.165, 1.54) is 18.4 Å². The van der Waals surface area contributed by atoms with Gasteiger partial charge in [0.05, 0.1) is 17.6 Å². The molecule has 0 aliphatic carbocycles. The van der Waals surface area contributed by atoms with Gasteiger partial charge in [-0.3, -0.25) is 4.79 Å². The molecule has 0 radical (unpaired) electrons. The molecule has 1 aromatic heterocycles. The summed E-state index contributed by atoms with van der Waals surface area (Å²) in [6.07, 6.45) is 4.47. The van der Waals surface area contributed by atoms with Crippen LogP contribution in [0, 0.1) is 5.92 Å².